The van der Waals surface area contributed by atoms with Crippen LogP contribution in [0.3, 0.4) is 0 Å². The van der Waals surface area contributed by atoms with E-state index in [4.69, 9.17) is 9.26 Å². The molecule has 0 aliphatic heterocycles. The standard InChI is InChI=1S/C17H20N2O3/c1-21-15-4-2-3-12(9-15)10-16(13-5-6-13)18-17(20)11-14-7-8-22-19-14/h2-4,7-9,13,16H,5-6,10-11H2,1H3,(H,18,20). The fraction of sp³-hybridized carbons (Fsp3) is 0.412. The lowest BCUT2D eigenvalue weighted by Crippen LogP contribution is -2.39. The molecule has 1 aromatic carbocycles. The lowest BCUT2D eigenvalue weighted by atomic mass is 10.0. The van der Waals surface area contributed by atoms with Gasteiger partial charge >= 0.3 is 0 Å². The highest BCUT2D eigenvalue weighted by atomic mass is 16.5. The van der Waals surface area contributed by atoms with Crippen LogP contribution in [0.25, 0.3) is 0 Å². The molecule has 0 spiro atoms. The average Bonchev–Trinajstić information content (AvgIpc) is 3.25. The van der Waals surface area contributed by atoms with Crippen molar-refractivity contribution >= 4 is 5.91 Å². The van der Waals surface area contributed by atoms with Crippen molar-refractivity contribution in [3.63, 3.8) is 0 Å². The van der Waals surface area contributed by atoms with Crippen LogP contribution in [0, 0.1) is 5.92 Å². The van der Waals surface area contributed by atoms with Crippen LogP contribution < -0.4 is 10.1 Å². The largest absolute Gasteiger partial charge is 0.497 e. The molecule has 5 nitrogen and oxygen atoms in total. The molecule has 1 unspecified atom stereocenters. The van der Waals surface area contributed by atoms with Gasteiger partial charge in [-0.15, -0.1) is 0 Å². The maximum absolute atomic E-state index is 12.1. The highest BCUT2D eigenvalue weighted by Gasteiger charge is 2.32. The first-order valence-electron chi connectivity index (χ1n) is 7.56. The smallest absolute Gasteiger partial charge is 0.226 e. The summed E-state index contributed by atoms with van der Waals surface area (Å²) in [5.74, 6) is 1.42. The molecule has 2 aromatic rings. The third-order valence-corrected chi connectivity index (χ3v) is 3.96. The molecule has 0 bridgehead atoms. The minimum absolute atomic E-state index is 0.00584. The van der Waals surface area contributed by atoms with E-state index in [1.165, 1.54) is 24.7 Å². The molecule has 1 aliphatic carbocycles. The van der Waals surface area contributed by atoms with Crippen LogP contribution in [0.2, 0.25) is 0 Å². The summed E-state index contributed by atoms with van der Waals surface area (Å²) >= 11 is 0. The van der Waals surface area contributed by atoms with Gasteiger partial charge in [0.05, 0.1) is 19.2 Å². The van der Waals surface area contributed by atoms with E-state index in [0.29, 0.717) is 11.6 Å². The van der Waals surface area contributed by atoms with Crippen molar-refractivity contribution in [1.82, 2.24) is 10.5 Å². The summed E-state index contributed by atoms with van der Waals surface area (Å²) < 4.78 is 10.0. The van der Waals surface area contributed by atoms with Crippen molar-refractivity contribution in [3.05, 3.63) is 47.9 Å². The Morgan fingerprint density at radius 2 is 2.32 bits per heavy atom. The molecule has 0 saturated heterocycles. The van der Waals surface area contributed by atoms with Crippen LogP contribution >= 0.6 is 0 Å². The van der Waals surface area contributed by atoms with Gasteiger partial charge in [0, 0.05) is 12.1 Å². The van der Waals surface area contributed by atoms with E-state index in [2.05, 4.69) is 16.5 Å². The van der Waals surface area contributed by atoms with Gasteiger partial charge in [0.1, 0.15) is 12.0 Å². The van der Waals surface area contributed by atoms with Crippen LogP contribution in [0.15, 0.2) is 41.1 Å². The fourth-order valence-corrected chi connectivity index (χ4v) is 2.64. The number of carbonyl (C=O) groups is 1. The minimum atomic E-state index is -0.00584. The summed E-state index contributed by atoms with van der Waals surface area (Å²) in [4.78, 5) is 12.1. The lowest BCUT2D eigenvalue weighted by molar-refractivity contribution is -0.121. The van der Waals surface area contributed by atoms with Crippen LogP contribution in [0.5, 0.6) is 5.75 Å². The highest BCUT2D eigenvalue weighted by Crippen LogP contribution is 2.34. The van der Waals surface area contributed by atoms with E-state index in [1.54, 1.807) is 13.2 Å². The van der Waals surface area contributed by atoms with Gasteiger partial charge in [-0.2, -0.15) is 0 Å². The summed E-state index contributed by atoms with van der Waals surface area (Å²) in [6.45, 7) is 0. The number of carbonyl (C=O) groups excluding carboxylic acids is 1. The first-order chi connectivity index (χ1) is 10.7. The van der Waals surface area contributed by atoms with Gasteiger partial charge in [-0.05, 0) is 42.9 Å². The molecule has 1 N–H and O–H groups in total. The van der Waals surface area contributed by atoms with Crippen molar-refractivity contribution in [1.29, 1.82) is 0 Å². The van der Waals surface area contributed by atoms with Gasteiger partial charge in [-0.25, -0.2) is 0 Å². The van der Waals surface area contributed by atoms with Crippen molar-refractivity contribution in [2.24, 2.45) is 5.92 Å². The second kappa shape index (κ2) is 6.64. The van der Waals surface area contributed by atoms with Gasteiger partial charge in [0.15, 0.2) is 0 Å². The third kappa shape index (κ3) is 3.87. The van der Waals surface area contributed by atoms with Gasteiger partial charge in [0.25, 0.3) is 0 Å². The van der Waals surface area contributed by atoms with Crippen LogP contribution in [0.1, 0.15) is 24.1 Å². The molecular weight excluding hydrogens is 280 g/mol. The zero-order chi connectivity index (χ0) is 15.4. The number of nitrogens with one attached hydrogen (secondary N) is 1. The Labute approximate surface area is 129 Å². The van der Waals surface area contributed by atoms with Crippen LogP contribution in [0.4, 0.5) is 0 Å². The van der Waals surface area contributed by atoms with Crippen LogP contribution in [-0.2, 0) is 17.6 Å². The Bertz CT molecular complexity index is 621. The molecule has 1 aromatic heterocycles. The molecule has 1 aliphatic rings. The second-order valence-electron chi connectivity index (χ2n) is 5.73. The van der Waals surface area contributed by atoms with E-state index >= 15 is 0 Å². The number of aromatic nitrogens is 1. The number of hydrogen-bond donors (Lipinski definition) is 1. The number of rotatable bonds is 7. The zero-order valence-corrected chi connectivity index (χ0v) is 12.6. The van der Waals surface area contributed by atoms with E-state index in [-0.39, 0.29) is 18.4 Å². The molecule has 1 amide bonds. The monoisotopic (exact) mass is 300 g/mol. The summed E-state index contributed by atoms with van der Waals surface area (Å²) in [5.41, 5.74) is 1.84. The molecule has 1 saturated carbocycles. The SMILES string of the molecule is COc1cccc(CC(NC(=O)Cc2ccon2)C2CC2)c1. The molecule has 1 fully saturated rings. The molecule has 0 radical (unpaired) electrons. The fourth-order valence-electron chi connectivity index (χ4n) is 2.64. The van der Waals surface area contributed by atoms with E-state index in [1.807, 2.05) is 18.2 Å². The average molecular weight is 300 g/mol. The zero-order valence-electron chi connectivity index (χ0n) is 12.6. The highest BCUT2D eigenvalue weighted by molar-refractivity contribution is 5.78. The van der Waals surface area contributed by atoms with Crippen molar-refractivity contribution in [2.45, 2.75) is 31.7 Å². The van der Waals surface area contributed by atoms with Crippen molar-refractivity contribution < 1.29 is 14.1 Å². The van der Waals surface area contributed by atoms with E-state index in [9.17, 15) is 4.79 Å². The minimum Gasteiger partial charge on any atom is -0.497 e. The maximum Gasteiger partial charge on any atom is 0.226 e. The Kier molecular flexibility index (Phi) is 4.42. The lowest BCUT2D eigenvalue weighted by Gasteiger charge is -2.18. The van der Waals surface area contributed by atoms with Gasteiger partial charge in [-0.1, -0.05) is 17.3 Å². The van der Waals surface area contributed by atoms with Crippen LogP contribution in [-0.4, -0.2) is 24.2 Å². The number of nitrogens with zero attached hydrogens (tertiary/aromatic N) is 1. The van der Waals surface area contributed by atoms with Gasteiger partial charge < -0.3 is 14.6 Å². The summed E-state index contributed by atoms with van der Waals surface area (Å²) in [7, 11) is 1.66. The van der Waals surface area contributed by atoms with Gasteiger partial charge in [0.2, 0.25) is 5.91 Å². The second-order valence-corrected chi connectivity index (χ2v) is 5.73. The van der Waals surface area contributed by atoms with Gasteiger partial charge in [-0.3, -0.25) is 4.79 Å². The topological polar surface area (TPSA) is 64.4 Å². The Hall–Kier alpha value is -2.30. The van der Waals surface area contributed by atoms with Crippen molar-refractivity contribution in [2.75, 3.05) is 7.11 Å². The predicted octanol–water partition coefficient (Wildman–Crippen LogP) is 2.36. The molecule has 1 heterocycles. The number of benzene rings is 1. The Morgan fingerprint density at radius 1 is 1.45 bits per heavy atom. The Morgan fingerprint density at radius 3 is 3.00 bits per heavy atom. The maximum atomic E-state index is 12.1. The molecular formula is C17H20N2O3. The molecule has 22 heavy (non-hydrogen) atoms. The Balaban J connectivity index is 1.61. The summed E-state index contributed by atoms with van der Waals surface area (Å²) in [6.07, 6.45) is 4.93. The number of methoxy groups -OCH3 is 1. The third-order valence-electron chi connectivity index (χ3n) is 3.96. The quantitative estimate of drug-likeness (QED) is 0.852. The number of ether oxygens (including phenoxy) is 1. The summed E-state index contributed by atoms with van der Waals surface area (Å²) in [6, 6.07) is 9.90. The number of amides is 1. The van der Waals surface area contributed by atoms with E-state index in [0.717, 1.165) is 12.2 Å². The van der Waals surface area contributed by atoms with Crippen molar-refractivity contribution in [3.8, 4) is 5.75 Å². The predicted molar refractivity (Wildman–Crippen MR) is 81.6 cm³/mol. The normalized spacial score (nSPS) is 15.3. The summed E-state index contributed by atoms with van der Waals surface area (Å²) in [5, 5.41) is 6.92. The first kappa shape index (κ1) is 14.6. The molecule has 3 rings (SSSR count). The molecule has 116 valence electrons. The number of hydrogen-bond acceptors (Lipinski definition) is 4. The molecule has 1 atom stereocenters. The van der Waals surface area contributed by atoms with E-state index < -0.39 is 0 Å². The molecule has 5 heteroatoms. The first-order valence-corrected chi connectivity index (χ1v) is 7.56.